The van der Waals surface area contributed by atoms with Crippen LogP contribution in [0.4, 0.5) is 0 Å². The van der Waals surface area contributed by atoms with E-state index in [1.807, 2.05) is 35.2 Å². The van der Waals surface area contributed by atoms with Gasteiger partial charge in [-0.2, -0.15) is 5.10 Å². The first-order valence-electron chi connectivity index (χ1n) is 8.51. The maximum absolute atomic E-state index is 12.9. The molecule has 1 fully saturated rings. The Hall–Kier alpha value is -2.80. The van der Waals surface area contributed by atoms with Crippen LogP contribution in [0, 0.1) is 0 Å². The SMILES string of the molecule is NCc1nc(C2CCCN(C(=O)c3ccc4ccccc4n3)C2)n[nH]1. The number of aromatic nitrogens is 4. The second-order valence-corrected chi connectivity index (χ2v) is 6.32. The Kier molecular flexibility index (Phi) is 4.15. The summed E-state index contributed by atoms with van der Waals surface area (Å²) in [6.45, 7) is 1.68. The lowest BCUT2D eigenvalue weighted by Crippen LogP contribution is -2.39. The molecule has 1 aliphatic rings. The summed E-state index contributed by atoms with van der Waals surface area (Å²) in [6.07, 6.45) is 1.90. The standard InChI is InChI=1S/C18H20N6O/c19-10-16-21-17(23-22-16)13-5-3-9-24(11-13)18(25)15-8-7-12-4-1-2-6-14(12)20-15/h1-2,4,6-8,13H,3,5,9-11,19H2,(H,21,22,23). The number of rotatable bonds is 3. The Morgan fingerprint density at radius 1 is 1.24 bits per heavy atom. The fourth-order valence-corrected chi connectivity index (χ4v) is 3.30. The summed E-state index contributed by atoms with van der Waals surface area (Å²) in [5, 5.41) is 8.13. The average Bonchev–Trinajstić information content (AvgIpc) is 3.16. The maximum Gasteiger partial charge on any atom is 0.272 e. The first kappa shape index (κ1) is 15.7. The number of nitrogens with zero attached hydrogens (tertiary/aromatic N) is 4. The van der Waals surface area contributed by atoms with Crippen LogP contribution < -0.4 is 5.73 Å². The van der Waals surface area contributed by atoms with Crippen molar-refractivity contribution in [3.63, 3.8) is 0 Å². The van der Waals surface area contributed by atoms with Crippen LogP contribution >= 0.6 is 0 Å². The number of hydrogen-bond donors (Lipinski definition) is 2. The summed E-state index contributed by atoms with van der Waals surface area (Å²) in [4.78, 5) is 23.7. The maximum atomic E-state index is 12.9. The molecular formula is C18H20N6O. The van der Waals surface area contributed by atoms with E-state index in [1.54, 1.807) is 6.07 Å². The minimum atomic E-state index is -0.0370. The largest absolute Gasteiger partial charge is 0.337 e. The highest BCUT2D eigenvalue weighted by atomic mass is 16.2. The molecule has 0 saturated carbocycles. The molecule has 0 spiro atoms. The van der Waals surface area contributed by atoms with Crippen molar-refractivity contribution >= 4 is 16.8 Å². The van der Waals surface area contributed by atoms with Crippen molar-refractivity contribution in [1.82, 2.24) is 25.1 Å². The summed E-state index contributed by atoms with van der Waals surface area (Å²) < 4.78 is 0. The molecule has 3 N–H and O–H groups in total. The van der Waals surface area contributed by atoms with Crippen LogP contribution in [0.25, 0.3) is 10.9 Å². The molecule has 3 aromatic rings. The number of nitrogens with two attached hydrogens (primary N) is 1. The van der Waals surface area contributed by atoms with Crippen LogP contribution in [0.15, 0.2) is 36.4 Å². The van der Waals surface area contributed by atoms with E-state index in [-0.39, 0.29) is 11.8 Å². The highest BCUT2D eigenvalue weighted by Crippen LogP contribution is 2.25. The predicted molar refractivity (Wildman–Crippen MR) is 93.9 cm³/mol. The lowest BCUT2D eigenvalue weighted by atomic mass is 9.97. The molecule has 1 aliphatic heterocycles. The molecule has 1 unspecified atom stereocenters. The molecule has 7 heteroatoms. The Labute approximate surface area is 145 Å². The van der Waals surface area contributed by atoms with Gasteiger partial charge in [0, 0.05) is 24.4 Å². The Balaban J connectivity index is 1.54. The van der Waals surface area contributed by atoms with Gasteiger partial charge in [0.2, 0.25) is 0 Å². The van der Waals surface area contributed by atoms with E-state index in [2.05, 4.69) is 20.2 Å². The summed E-state index contributed by atoms with van der Waals surface area (Å²) in [5.41, 5.74) is 6.90. The zero-order valence-electron chi connectivity index (χ0n) is 13.9. The molecule has 128 valence electrons. The number of hydrogen-bond acceptors (Lipinski definition) is 5. The van der Waals surface area contributed by atoms with Gasteiger partial charge in [0.15, 0.2) is 5.82 Å². The van der Waals surface area contributed by atoms with Gasteiger partial charge in [0.25, 0.3) is 5.91 Å². The normalized spacial score (nSPS) is 17.8. The number of nitrogens with one attached hydrogen (secondary N) is 1. The van der Waals surface area contributed by atoms with Crippen molar-refractivity contribution in [3.05, 3.63) is 53.7 Å². The van der Waals surface area contributed by atoms with E-state index in [1.165, 1.54) is 0 Å². The number of aromatic amines is 1. The van der Waals surface area contributed by atoms with Crippen LogP contribution in [0.2, 0.25) is 0 Å². The number of para-hydroxylation sites is 1. The van der Waals surface area contributed by atoms with Crippen molar-refractivity contribution < 1.29 is 4.79 Å². The first-order chi connectivity index (χ1) is 12.2. The molecule has 1 amide bonds. The van der Waals surface area contributed by atoms with E-state index in [4.69, 9.17) is 5.73 Å². The molecule has 0 bridgehead atoms. The van der Waals surface area contributed by atoms with E-state index >= 15 is 0 Å². The minimum Gasteiger partial charge on any atom is -0.337 e. The number of likely N-dealkylation sites (tertiary alicyclic amines) is 1. The van der Waals surface area contributed by atoms with E-state index < -0.39 is 0 Å². The van der Waals surface area contributed by atoms with Crippen molar-refractivity contribution in [2.24, 2.45) is 5.73 Å². The van der Waals surface area contributed by atoms with Gasteiger partial charge >= 0.3 is 0 Å². The third-order valence-electron chi connectivity index (χ3n) is 4.63. The highest BCUT2D eigenvalue weighted by molar-refractivity contribution is 5.95. The Morgan fingerprint density at radius 2 is 2.12 bits per heavy atom. The fourth-order valence-electron chi connectivity index (χ4n) is 3.30. The first-order valence-corrected chi connectivity index (χ1v) is 8.51. The van der Waals surface area contributed by atoms with Crippen LogP contribution in [0.3, 0.4) is 0 Å². The molecule has 1 saturated heterocycles. The summed E-state index contributed by atoms with van der Waals surface area (Å²) in [5.74, 6) is 1.51. The monoisotopic (exact) mass is 336 g/mol. The van der Waals surface area contributed by atoms with Crippen LogP contribution in [0.5, 0.6) is 0 Å². The predicted octanol–water partition coefficient (Wildman–Crippen LogP) is 1.83. The topological polar surface area (TPSA) is 101 Å². The molecule has 0 radical (unpaired) electrons. The lowest BCUT2D eigenvalue weighted by molar-refractivity contribution is 0.0699. The number of H-pyrrole nitrogens is 1. The van der Waals surface area contributed by atoms with Gasteiger partial charge in [0.05, 0.1) is 12.1 Å². The molecule has 4 rings (SSSR count). The smallest absolute Gasteiger partial charge is 0.272 e. The minimum absolute atomic E-state index is 0.0370. The van der Waals surface area contributed by atoms with Gasteiger partial charge in [-0.1, -0.05) is 24.3 Å². The molecule has 2 aromatic heterocycles. The molecule has 1 aromatic carbocycles. The van der Waals surface area contributed by atoms with Crippen LogP contribution in [-0.4, -0.2) is 44.1 Å². The number of carbonyl (C=O) groups excluding carboxylic acids is 1. The average molecular weight is 336 g/mol. The third kappa shape index (κ3) is 3.10. The number of amides is 1. The molecule has 1 atom stereocenters. The zero-order valence-corrected chi connectivity index (χ0v) is 13.9. The number of fused-ring (bicyclic) bond motifs is 1. The molecule has 7 nitrogen and oxygen atoms in total. The van der Waals surface area contributed by atoms with Crippen molar-refractivity contribution in [3.8, 4) is 0 Å². The molecule has 25 heavy (non-hydrogen) atoms. The van der Waals surface area contributed by atoms with Gasteiger partial charge in [-0.25, -0.2) is 9.97 Å². The van der Waals surface area contributed by atoms with Gasteiger partial charge in [-0.3, -0.25) is 9.89 Å². The van der Waals surface area contributed by atoms with Crippen molar-refractivity contribution in [2.45, 2.75) is 25.3 Å². The van der Waals surface area contributed by atoms with E-state index in [0.717, 1.165) is 36.1 Å². The second kappa shape index (κ2) is 6.60. The van der Waals surface area contributed by atoms with Crippen LogP contribution in [0.1, 0.15) is 40.9 Å². The number of benzene rings is 1. The second-order valence-electron chi connectivity index (χ2n) is 6.32. The Morgan fingerprint density at radius 3 is 2.96 bits per heavy atom. The van der Waals surface area contributed by atoms with Crippen LogP contribution in [-0.2, 0) is 6.54 Å². The number of carbonyl (C=O) groups is 1. The third-order valence-corrected chi connectivity index (χ3v) is 4.63. The van der Waals surface area contributed by atoms with E-state index in [9.17, 15) is 4.79 Å². The van der Waals surface area contributed by atoms with Crippen molar-refractivity contribution in [1.29, 1.82) is 0 Å². The fraction of sp³-hybridized carbons (Fsp3) is 0.333. The summed E-state index contributed by atoms with van der Waals surface area (Å²) >= 11 is 0. The molecule has 3 heterocycles. The number of pyridine rings is 1. The number of piperidine rings is 1. The van der Waals surface area contributed by atoms with Crippen molar-refractivity contribution in [2.75, 3.05) is 13.1 Å². The lowest BCUT2D eigenvalue weighted by Gasteiger charge is -2.31. The molecular weight excluding hydrogens is 316 g/mol. The van der Waals surface area contributed by atoms with Gasteiger partial charge in [-0.05, 0) is 25.0 Å². The van der Waals surface area contributed by atoms with Gasteiger partial charge in [-0.15, -0.1) is 0 Å². The zero-order chi connectivity index (χ0) is 17.2. The Bertz CT molecular complexity index is 905. The summed E-state index contributed by atoms with van der Waals surface area (Å²) in [6, 6.07) is 11.6. The highest BCUT2D eigenvalue weighted by Gasteiger charge is 2.28. The van der Waals surface area contributed by atoms with Gasteiger partial charge in [0.1, 0.15) is 11.5 Å². The molecule has 0 aliphatic carbocycles. The summed E-state index contributed by atoms with van der Waals surface area (Å²) in [7, 11) is 0. The van der Waals surface area contributed by atoms with E-state index in [0.29, 0.717) is 24.6 Å². The van der Waals surface area contributed by atoms with Gasteiger partial charge < -0.3 is 10.6 Å². The quantitative estimate of drug-likeness (QED) is 0.760.